The van der Waals surface area contributed by atoms with Gasteiger partial charge in [-0.3, -0.25) is 14.5 Å². The highest BCUT2D eigenvalue weighted by molar-refractivity contribution is 7.16. The molecule has 0 saturated carbocycles. The summed E-state index contributed by atoms with van der Waals surface area (Å²) in [6, 6.07) is 7.66. The Bertz CT molecular complexity index is 1170. The van der Waals surface area contributed by atoms with Gasteiger partial charge < -0.3 is 4.74 Å². The summed E-state index contributed by atoms with van der Waals surface area (Å²) in [6.07, 6.45) is 4.94. The Morgan fingerprint density at radius 1 is 1.29 bits per heavy atom. The molecule has 0 fully saturated rings. The number of hydrogen-bond acceptors (Lipinski definition) is 6. The first-order valence-electron chi connectivity index (χ1n) is 8.27. The van der Waals surface area contributed by atoms with Crippen molar-refractivity contribution in [1.29, 1.82) is 0 Å². The number of nitrogens with one attached hydrogen (secondary N) is 1. The average Bonchev–Trinajstić information content (AvgIpc) is 3.35. The van der Waals surface area contributed by atoms with Crippen LogP contribution < -0.4 is 10.1 Å². The maximum absolute atomic E-state index is 12.3. The Balaban J connectivity index is 1.50. The van der Waals surface area contributed by atoms with Gasteiger partial charge in [0.05, 0.1) is 18.5 Å². The first-order chi connectivity index (χ1) is 13.5. The first kappa shape index (κ1) is 18.7. The zero-order valence-corrected chi connectivity index (χ0v) is 17.4. The highest BCUT2D eigenvalue weighted by atomic mass is 35.5. The van der Waals surface area contributed by atoms with Gasteiger partial charge in [0.1, 0.15) is 5.75 Å². The Labute approximate surface area is 174 Å². The predicted octanol–water partition coefficient (Wildman–Crippen LogP) is 5.14. The van der Waals surface area contributed by atoms with Gasteiger partial charge in [-0.2, -0.15) is 0 Å². The van der Waals surface area contributed by atoms with Crippen LogP contribution in [-0.4, -0.2) is 27.4 Å². The number of carbonyl (C=O) groups excluding carboxylic acids is 1. The third-order valence-corrected chi connectivity index (χ3v) is 5.96. The lowest BCUT2D eigenvalue weighted by Crippen LogP contribution is -2.07. The number of ether oxygens (including phenoxy) is 1. The number of methoxy groups -OCH3 is 1. The molecule has 4 rings (SSSR count). The number of amides is 1. The van der Waals surface area contributed by atoms with E-state index in [9.17, 15) is 4.79 Å². The van der Waals surface area contributed by atoms with Crippen molar-refractivity contribution in [2.24, 2.45) is 0 Å². The highest BCUT2D eigenvalue weighted by Crippen LogP contribution is 2.31. The molecular formula is C19H15ClN4O2S2. The quantitative estimate of drug-likeness (QED) is 0.445. The van der Waals surface area contributed by atoms with Crippen molar-refractivity contribution in [1.82, 2.24) is 14.4 Å². The monoisotopic (exact) mass is 430 g/mol. The first-order valence-corrected chi connectivity index (χ1v) is 10.3. The summed E-state index contributed by atoms with van der Waals surface area (Å²) in [4.78, 5) is 22.9. The van der Waals surface area contributed by atoms with Crippen LogP contribution in [0.2, 0.25) is 5.15 Å². The molecule has 1 N–H and O–H groups in total. The van der Waals surface area contributed by atoms with Gasteiger partial charge in [0.15, 0.2) is 15.2 Å². The van der Waals surface area contributed by atoms with Gasteiger partial charge in [-0.05, 0) is 37.3 Å². The fourth-order valence-electron chi connectivity index (χ4n) is 2.69. The van der Waals surface area contributed by atoms with Crippen molar-refractivity contribution in [3.63, 3.8) is 0 Å². The zero-order chi connectivity index (χ0) is 19.7. The Morgan fingerprint density at radius 3 is 2.82 bits per heavy atom. The lowest BCUT2D eigenvalue weighted by molar-refractivity contribution is -0.111. The second-order valence-electron chi connectivity index (χ2n) is 5.82. The lowest BCUT2D eigenvalue weighted by Gasteiger charge is -2.01. The van der Waals surface area contributed by atoms with Gasteiger partial charge in [-0.15, -0.1) is 22.7 Å². The van der Waals surface area contributed by atoms with Crippen LogP contribution in [0.3, 0.4) is 0 Å². The second kappa shape index (κ2) is 7.75. The van der Waals surface area contributed by atoms with E-state index in [0.29, 0.717) is 16.0 Å². The molecule has 1 amide bonds. The maximum atomic E-state index is 12.3. The number of benzene rings is 1. The number of fused-ring (bicyclic) bond motifs is 1. The van der Waals surface area contributed by atoms with Crippen LogP contribution in [0.1, 0.15) is 10.6 Å². The molecule has 1 aromatic carbocycles. The van der Waals surface area contributed by atoms with Gasteiger partial charge in [0.25, 0.3) is 0 Å². The summed E-state index contributed by atoms with van der Waals surface area (Å²) in [5.41, 5.74) is 2.48. The Morgan fingerprint density at radius 2 is 2.07 bits per heavy atom. The predicted molar refractivity (Wildman–Crippen MR) is 115 cm³/mol. The van der Waals surface area contributed by atoms with Crippen LogP contribution in [0.25, 0.3) is 22.3 Å². The largest absolute Gasteiger partial charge is 0.497 e. The van der Waals surface area contributed by atoms with Gasteiger partial charge in [0, 0.05) is 28.1 Å². The number of carbonyl (C=O) groups is 1. The minimum absolute atomic E-state index is 0.281. The summed E-state index contributed by atoms with van der Waals surface area (Å²) in [6.45, 7) is 1.97. The molecule has 3 aromatic heterocycles. The van der Waals surface area contributed by atoms with Crippen LogP contribution >= 0.6 is 34.3 Å². The van der Waals surface area contributed by atoms with E-state index in [2.05, 4.69) is 15.3 Å². The van der Waals surface area contributed by atoms with Crippen LogP contribution in [0.4, 0.5) is 5.13 Å². The Hall–Kier alpha value is -2.68. The molecule has 0 spiro atoms. The SMILES string of the molecule is COc1ccc(-c2nc(NC(=O)/C=C/c3c(Cl)nc4sccn34)sc2C)cc1. The summed E-state index contributed by atoms with van der Waals surface area (Å²) >= 11 is 9.05. The number of aromatic nitrogens is 3. The molecule has 0 aliphatic carbocycles. The second-order valence-corrected chi connectivity index (χ2v) is 8.25. The van der Waals surface area contributed by atoms with Crippen LogP contribution in [-0.2, 0) is 4.79 Å². The topological polar surface area (TPSA) is 68.5 Å². The molecule has 0 atom stereocenters. The minimum atomic E-state index is -0.281. The third-order valence-electron chi connectivity index (χ3n) is 4.04. The zero-order valence-electron chi connectivity index (χ0n) is 15.0. The summed E-state index contributed by atoms with van der Waals surface area (Å²) in [7, 11) is 1.63. The third kappa shape index (κ3) is 3.66. The number of halogens is 1. The van der Waals surface area contributed by atoms with E-state index in [-0.39, 0.29) is 5.91 Å². The lowest BCUT2D eigenvalue weighted by atomic mass is 10.1. The van der Waals surface area contributed by atoms with Gasteiger partial charge in [0.2, 0.25) is 5.91 Å². The van der Waals surface area contributed by atoms with Crippen molar-refractivity contribution in [2.75, 3.05) is 12.4 Å². The number of imidazole rings is 1. The molecule has 142 valence electrons. The van der Waals surface area contributed by atoms with Gasteiger partial charge in [-0.25, -0.2) is 9.97 Å². The minimum Gasteiger partial charge on any atom is -0.497 e. The number of thiazole rings is 2. The maximum Gasteiger partial charge on any atom is 0.250 e. The number of hydrogen-bond donors (Lipinski definition) is 1. The smallest absolute Gasteiger partial charge is 0.250 e. The molecule has 28 heavy (non-hydrogen) atoms. The normalized spacial score (nSPS) is 11.4. The van der Waals surface area contributed by atoms with Gasteiger partial charge >= 0.3 is 0 Å². The molecule has 4 aromatic rings. The Kier molecular flexibility index (Phi) is 5.17. The highest BCUT2D eigenvalue weighted by Gasteiger charge is 2.12. The van der Waals surface area contributed by atoms with E-state index in [4.69, 9.17) is 16.3 Å². The molecule has 0 saturated heterocycles. The number of nitrogens with zero attached hydrogens (tertiary/aromatic N) is 3. The number of rotatable bonds is 5. The van der Waals surface area contributed by atoms with Crippen LogP contribution in [0, 0.1) is 6.92 Å². The van der Waals surface area contributed by atoms with Crippen molar-refractivity contribution in [3.05, 3.63) is 57.6 Å². The van der Waals surface area contributed by atoms with Crippen molar-refractivity contribution in [3.8, 4) is 17.0 Å². The average molecular weight is 431 g/mol. The fourth-order valence-corrected chi connectivity index (χ4v) is 4.54. The molecular weight excluding hydrogens is 416 g/mol. The number of aryl methyl sites for hydroxylation is 1. The molecule has 0 unspecified atom stereocenters. The van der Waals surface area contributed by atoms with Crippen LogP contribution in [0.5, 0.6) is 5.75 Å². The van der Waals surface area contributed by atoms with E-state index in [1.165, 1.54) is 28.7 Å². The van der Waals surface area contributed by atoms with E-state index >= 15 is 0 Å². The van der Waals surface area contributed by atoms with Crippen molar-refractivity contribution >= 4 is 56.4 Å². The van der Waals surface area contributed by atoms with E-state index in [1.807, 2.05) is 47.2 Å². The summed E-state index contributed by atoms with van der Waals surface area (Å²) < 4.78 is 7.02. The molecule has 0 aliphatic rings. The van der Waals surface area contributed by atoms with E-state index in [0.717, 1.165) is 26.8 Å². The van der Waals surface area contributed by atoms with E-state index < -0.39 is 0 Å². The molecule has 9 heteroatoms. The van der Waals surface area contributed by atoms with Crippen molar-refractivity contribution in [2.45, 2.75) is 6.92 Å². The molecule has 0 bridgehead atoms. The van der Waals surface area contributed by atoms with Crippen molar-refractivity contribution < 1.29 is 9.53 Å². The van der Waals surface area contributed by atoms with Crippen LogP contribution in [0.15, 0.2) is 41.9 Å². The summed E-state index contributed by atoms with van der Waals surface area (Å²) in [5, 5.41) is 5.62. The van der Waals surface area contributed by atoms with Gasteiger partial charge in [-0.1, -0.05) is 11.6 Å². The molecule has 0 aliphatic heterocycles. The molecule has 3 heterocycles. The molecule has 6 nitrogen and oxygen atoms in total. The number of anilines is 1. The fraction of sp³-hybridized carbons (Fsp3) is 0.105. The summed E-state index contributed by atoms with van der Waals surface area (Å²) in [5.74, 6) is 0.504. The molecule has 0 radical (unpaired) electrons. The standard InChI is InChI=1S/C19H15ClN4O2S2/c1-11-16(12-3-5-13(26-2)6-4-12)22-18(28-11)21-15(25)8-7-14-17(20)23-19-24(14)9-10-27-19/h3-10H,1-2H3,(H,21,22,25)/b8-7+. The van der Waals surface area contributed by atoms with E-state index in [1.54, 1.807) is 13.2 Å².